The first-order valence-corrected chi connectivity index (χ1v) is 7.07. The zero-order valence-corrected chi connectivity index (χ0v) is 13.3. The molecule has 0 heterocycles. The van der Waals surface area contributed by atoms with Crippen molar-refractivity contribution in [1.29, 1.82) is 0 Å². The van der Waals surface area contributed by atoms with Crippen LogP contribution in [0.2, 0.25) is 0 Å². The number of benzene rings is 1. The third-order valence-electron chi connectivity index (χ3n) is 3.03. The highest BCUT2D eigenvalue weighted by Gasteiger charge is 2.43. The standard InChI is InChI=1S/C15H20F2N2O4/c1-4-5-9-23-14(21)18-12-8-6-7-11(10-12)15(16,17)13(20)19(2)22-3/h6-8,10H,4-5,9H2,1-3H3,(H,18,21). The van der Waals surface area contributed by atoms with Crippen molar-refractivity contribution in [1.82, 2.24) is 5.06 Å². The van der Waals surface area contributed by atoms with E-state index in [0.29, 0.717) is 11.5 Å². The van der Waals surface area contributed by atoms with E-state index in [1.165, 1.54) is 12.1 Å². The van der Waals surface area contributed by atoms with E-state index in [4.69, 9.17) is 4.74 Å². The maximum atomic E-state index is 14.1. The SMILES string of the molecule is CCCCOC(=O)Nc1cccc(C(F)(F)C(=O)N(C)OC)c1. The minimum absolute atomic E-state index is 0.108. The summed E-state index contributed by atoms with van der Waals surface area (Å²) in [4.78, 5) is 27.6. The number of unbranched alkanes of at least 4 members (excludes halogenated alkanes) is 1. The number of rotatable bonds is 7. The van der Waals surface area contributed by atoms with Gasteiger partial charge in [0.25, 0.3) is 0 Å². The van der Waals surface area contributed by atoms with Crippen molar-refractivity contribution in [2.24, 2.45) is 0 Å². The van der Waals surface area contributed by atoms with Gasteiger partial charge in [-0.2, -0.15) is 8.78 Å². The van der Waals surface area contributed by atoms with Gasteiger partial charge in [-0.25, -0.2) is 9.86 Å². The number of nitrogens with one attached hydrogen (secondary N) is 1. The lowest BCUT2D eigenvalue weighted by Gasteiger charge is -2.21. The number of anilines is 1. The lowest BCUT2D eigenvalue weighted by Crippen LogP contribution is -2.39. The summed E-state index contributed by atoms with van der Waals surface area (Å²) in [6.07, 6.45) is 0.840. The zero-order chi connectivity index (χ0) is 17.5. The number of alkyl halides is 2. The third-order valence-corrected chi connectivity index (χ3v) is 3.03. The highest BCUT2D eigenvalue weighted by Crippen LogP contribution is 2.31. The van der Waals surface area contributed by atoms with Crippen LogP contribution in [0.15, 0.2) is 24.3 Å². The maximum Gasteiger partial charge on any atom is 0.411 e. The molecule has 2 amide bonds. The Morgan fingerprint density at radius 1 is 1.35 bits per heavy atom. The van der Waals surface area contributed by atoms with Crippen molar-refractivity contribution in [3.8, 4) is 0 Å². The molecule has 128 valence electrons. The molecule has 1 aromatic rings. The Kier molecular flexibility index (Phi) is 6.89. The zero-order valence-electron chi connectivity index (χ0n) is 13.3. The van der Waals surface area contributed by atoms with Gasteiger partial charge in [-0.15, -0.1) is 0 Å². The predicted molar refractivity (Wildman–Crippen MR) is 80.0 cm³/mol. The van der Waals surface area contributed by atoms with Crippen LogP contribution in [-0.4, -0.2) is 37.8 Å². The molecule has 23 heavy (non-hydrogen) atoms. The topological polar surface area (TPSA) is 67.9 Å². The Morgan fingerprint density at radius 2 is 2.04 bits per heavy atom. The van der Waals surface area contributed by atoms with E-state index < -0.39 is 23.5 Å². The Labute approximate surface area is 133 Å². The molecule has 1 N–H and O–H groups in total. The molecule has 0 aliphatic rings. The summed E-state index contributed by atoms with van der Waals surface area (Å²) in [5, 5.41) is 2.79. The molecule has 0 spiro atoms. The molecule has 0 bridgehead atoms. The predicted octanol–water partition coefficient (Wildman–Crippen LogP) is 3.15. The van der Waals surface area contributed by atoms with Crippen molar-refractivity contribution in [2.75, 3.05) is 26.1 Å². The van der Waals surface area contributed by atoms with Gasteiger partial charge in [0.2, 0.25) is 0 Å². The average molecular weight is 330 g/mol. The van der Waals surface area contributed by atoms with E-state index >= 15 is 0 Å². The summed E-state index contributed by atoms with van der Waals surface area (Å²) in [5.41, 5.74) is -0.450. The number of hydrogen-bond acceptors (Lipinski definition) is 4. The Balaban J connectivity index is 2.83. The van der Waals surface area contributed by atoms with Crippen molar-refractivity contribution in [3.05, 3.63) is 29.8 Å². The quantitative estimate of drug-likeness (QED) is 0.616. The van der Waals surface area contributed by atoms with Crippen molar-refractivity contribution >= 4 is 17.7 Å². The molecule has 0 aromatic heterocycles. The number of halogens is 2. The van der Waals surface area contributed by atoms with E-state index in [-0.39, 0.29) is 12.3 Å². The van der Waals surface area contributed by atoms with E-state index in [0.717, 1.165) is 32.7 Å². The van der Waals surface area contributed by atoms with Crippen LogP contribution in [0.1, 0.15) is 25.3 Å². The Hall–Kier alpha value is -2.22. The lowest BCUT2D eigenvalue weighted by molar-refractivity contribution is -0.195. The van der Waals surface area contributed by atoms with Gasteiger partial charge in [-0.3, -0.25) is 14.9 Å². The van der Waals surface area contributed by atoms with Crippen LogP contribution in [0.3, 0.4) is 0 Å². The number of amides is 2. The molecule has 8 heteroatoms. The molecular formula is C15H20F2N2O4. The largest absolute Gasteiger partial charge is 0.449 e. The highest BCUT2D eigenvalue weighted by molar-refractivity contribution is 5.86. The second kappa shape index (κ2) is 8.42. The van der Waals surface area contributed by atoms with Gasteiger partial charge in [-0.1, -0.05) is 25.5 Å². The Bertz CT molecular complexity index is 552. The fraction of sp³-hybridized carbons (Fsp3) is 0.467. The molecule has 0 atom stereocenters. The van der Waals surface area contributed by atoms with Gasteiger partial charge in [0.1, 0.15) is 0 Å². The van der Waals surface area contributed by atoms with Crippen LogP contribution < -0.4 is 5.32 Å². The van der Waals surface area contributed by atoms with Gasteiger partial charge < -0.3 is 4.74 Å². The first-order chi connectivity index (χ1) is 10.8. The monoisotopic (exact) mass is 330 g/mol. The van der Waals surface area contributed by atoms with Crippen LogP contribution in [-0.2, 0) is 20.3 Å². The minimum atomic E-state index is -3.78. The summed E-state index contributed by atoms with van der Waals surface area (Å²) in [6.45, 7) is 2.19. The summed E-state index contributed by atoms with van der Waals surface area (Å²) in [6, 6.07) is 4.84. The Morgan fingerprint density at radius 3 is 2.65 bits per heavy atom. The van der Waals surface area contributed by atoms with E-state index in [2.05, 4.69) is 10.2 Å². The number of hydroxylamine groups is 2. The first-order valence-electron chi connectivity index (χ1n) is 7.07. The van der Waals surface area contributed by atoms with Gasteiger partial charge in [-0.05, 0) is 18.6 Å². The third kappa shape index (κ3) is 5.17. The number of hydrogen-bond donors (Lipinski definition) is 1. The highest BCUT2D eigenvalue weighted by atomic mass is 19.3. The summed E-state index contributed by atoms with van der Waals surface area (Å²) >= 11 is 0. The number of nitrogens with zero attached hydrogens (tertiary/aromatic N) is 1. The summed E-state index contributed by atoms with van der Waals surface area (Å²) in [7, 11) is 2.20. The number of ether oxygens (including phenoxy) is 1. The second-order valence-corrected chi connectivity index (χ2v) is 4.75. The molecule has 6 nitrogen and oxygen atoms in total. The fourth-order valence-electron chi connectivity index (χ4n) is 1.66. The van der Waals surface area contributed by atoms with Crippen LogP contribution in [0.4, 0.5) is 19.3 Å². The van der Waals surface area contributed by atoms with Crippen LogP contribution in [0.25, 0.3) is 0 Å². The molecule has 0 saturated carbocycles. The van der Waals surface area contributed by atoms with Gasteiger partial charge in [0, 0.05) is 18.3 Å². The molecule has 0 aliphatic heterocycles. The number of carbonyl (C=O) groups excluding carboxylic acids is 2. The summed E-state index contributed by atoms with van der Waals surface area (Å²) < 4.78 is 33.2. The molecule has 0 saturated heterocycles. The average Bonchev–Trinajstić information content (AvgIpc) is 2.53. The van der Waals surface area contributed by atoms with Gasteiger partial charge in [0.15, 0.2) is 0 Å². The molecule has 0 fully saturated rings. The second-order valence-electron chi connectivity index (χ2n) is 4.75. The van der Waals surface area contributed by atoms with E-state index in [1.54, 1.807) is 0 Å². The fourth-order valence-corrected chi connectivity index (χ4v) is 1.66. The van der Waals surface area contributed by atoms with E-state index in [9.17, 15) is 18.4 Å². The van der Waals surface area contributed by atoms with Gasteiger partial charge >= 0.3 is 17.9 Å². The van der Waals surface area contributed by atoms with Crippen molar-refractivity contribution < 1.29 is 27.9 Å². The van der Waals surface area contributed by atoms with Crippen LogP contribution in [0, 0.1) is 0 Å². The molecule has 1 aromatic carbocycles. The first kappa shape index (κ1) is 18.8. The molecule has 0 radical (unpaired) electrons. The normalized spacial score (nSPS) is 11.0. The molecule has 0 aliphatic carbocycles. The maximum absolute atomic E-state index is 14.1. The molecular weight excluding hydrogens is 310 g/mol. The van der Waals surface area contributed by atoms with Crippen LogP contribution in [0.5, 0.6) is 0 Å². The number of carbonyl (C=O) groups is 2. The van der Waals surface area contributed by atoms with Crippen LogP contribution >= 0.6 is 0 Å². The molecule has 1 rings (SSSR count). The van der Waals surface area contributed by atoms with Gasteiger partial charge in [0.05, 0.1) is 13.7 Å². The number of likely N-dealkylation sites (N-methyl/N-ethyl adjacent to an activating group) is 1. The minimum Gasteiger partial charge on any atom is -0.449 e. The smallest absolute Gasteiger partial charge is 0.411 e. The van der Waals surface area contributed by atoms with Crippen molar-refractivity contribution in [3.63, 3.8) is 0 Å². The van der Waals surface area contributed by atoms with Crippen molar-refractivity contribution in [2.45, 2.75) is 25.7 Å². The summed E-state index contributed by atoms with van der Waals surface area (Å²) in [5.74, 6) is -5.29. The van der Waals surface area contributed by atoms with E-state index in [1.807, 2.05) is 6.92 Å². The lowest BCUT2D eigenvalue weighted by atomic mass is 10.1. The molecule has 0 unspecified atom stereocenters.